The first kappa shape index (κ1) is 12.0. The summed E-state index contributed by atoms with van der Waals surface area (Å²) in [6.45, 7) is 6.37. The van der Waals surface area contributed by atoms with Gasteiger partial charge in [0.2, 0.25) is 0 Å². The molecule has 0 aliphatic rings. The van der Waals surface area contributed by atoms with Gasteiger partial charge in [-0.3, -0.25) is 0 Å². The Morgan fingerprint density at radius 3 is 2.82 bits per heavy atom. The van der Waals surface area contributed by atoms with E-state index in [0.29, 0.717) is 0 Å². The standard InChI is InChI=1S/C13H17N3S/c1-4-11-7-13(15-8-14-11)16-10(3)12-6-5-9(2)17-12/h5-8,10H,4H2,1-3H3,(H,14,15,16). The number of hydrogen-bond acceptors (Lipinski definition) is 4. The molecule has 0 saturated heterocycles. The Morgan fingerprint density at radius 1 is 1.35 bits per heavy atom. The fourth-order valence-corrected chi connectivity index (χ4v) is 2.53. The molecule has 0 spiro atoms. The second kappa shape index (κ2) is 5.27. The van der Waals surface area contributed by atoms with Crippen molar-refractivity contribution in [3.05, 3.63) is 40.0 Å². The van der Waals surface area contributed by atoms with Gasteiger partial charge in [-0.25, -0.2) is 9.97 Å². The van der Waals surface area contributed by atoms with Crippen molar-refractivity contribution in [3.8, 4) is 0 Å². The second-order valence-corrected chi connectivity index (χ2v) is 5.38. The summed E-state index contributed by atoms with van der Waals surface area (Å²) in [6.07, 6.45) is 2.55. The Balaban J connectivity index is 2.09. The van der Waals surface area contributed by atoms with Crippen molar-refractivity contribution < 1.29 is 0 Å². The minimum absolute atomic E-state index is 0.285. The van der Waals surface area contributed by atoms with E-state index in [1.807, 2.05) is 17.4 Å². The normalized spacial score (nSPS) is 12.4. The Kier molecular flexibility index (Phi) is 3.74. The summed E-state index contributed by atoms with van der Waals surface area (Å²) >= 11 is 1.82. The van der Waals surface area contributed by atoms with Crippen molar-refractivity contribution in [1.29, 1.82) is 0 Å². The van der Waals surface area contributed by atoms with Crippen molar-refractivity contribution in [2.75, 3.05) is 5.32 Å². The van der Waals surface area contributed by atoms with Crippen LogP contribution in [0.25, 0.3) is 0 Å². The number of aryl methyl sites for hydroxylation is 2. The summed E-state index contributed by atoms with van der Waals surface area (Å²) in [4.78, 5) is 11.1. The molecule has 1 unspecified atom stereocenters. The maximum Gasteiger partial charge on any atom is 0.130 e. The molecule has 1 atom stereocenters. The van der Waals surface area contributed by atoms with Crippen LogP contribution in [0, 0.1) is 6.92 Å². The van der Waals surface area contributed by atoms with E-state index >= 15 is 0 Å². The number of rotatable bonds is 4. The van der Waals surface area contributed by atoms with E-state index < -0.39 is 0 Å². The molecule has 1 N–H and O–H groups in total. The maximum atomic E-state index is 4.24. The highest BCUT2D eigenvalue weighted by Gasteiger charge is 2.08. The van der Waals surface area contributed by atoms with Crippen LogP contribution >= 0.6 is 11.3 Å². The largest absolute Gasteiger partial charge is 0.363 e. The van der Waals surface area contributed by atoms with E-state index in [0.717, 1.165) is 17.9 Å². The fourth-order valence-electron chi connectivity index (χ4n) is 1.65. The van der Waals surface area contributed by atoms with Gasteiger partial charge in [0.15, 0.2) is 0 Å². The predicted octanol–water partition coefficient (Wildman–Crippen LogP) is 3.58. The SMILES string of the molecule is CCc1cc(NC(C)c2ccc(C)s2)ncn1. The van der Waals surface area contributed by atoms with Gasteiger partial charge in [-0.1, -0.05) is 6.92 Å². The van der Waals surface area contributed by atoms with Gasteiger partial charge < -0.3 is 5.32 Å². The number of aromatic nitrogens is 2. The van der Waals surface area contributed by atoms with E-state index in [9.17, 15) is 0 Å². The third-order valence-corrected chi connectivity index (χ3v) is 3.82. The Labute approximate surface area is 106 Å². The monoisotopic (exact) mass is 247 g/mol. The Morgan fingerprint density at radius 2 is 2.18 bits per heavy atom. The van der Waals surface area contributed by atoms with Gasteiger partial charge in [0.1, 0.15) is 12.1 Å². The van der Waals surface area contributed by atoms with Gasteiger partial charge in [-0.15, -0.1) is 11.3 Å². The van der Waals surface area contributed by atoms with Crippen LogP contribution in [0.2, 0.25) is 0 Å². The number of nitrogens with zero attached hydrogens (tertiary/aromatic N) is 2. The molecule has 2 rings (SSSR count). The molecule has 0 radical (unpaired) electrons. The quantitative estimate of drug-likeness (QED) is 0.897. The van der Waals surface area contributed by atoms with Crippen LogP contribution in [-0.2, 0) is 6.42 Å². The lowest BCUT2D eigenvalue weighted by Gasteiger charge is -2.13. The van der Waals surface area contributed by atoms with Crippen LogP contribution in [0.1, 0.15) is 35.3 Å². The molecule has 17 heavy (non-hydrogen) atoms. The topological polar surface area (TPSA) is 37.8 Å². The molecule has 4 heteroatoms. The zero-order valence-electron chi connectivity index (χ0n) is 10.4. The molecule has 2 aromatic heterocycles. The first-order valence-electron chi connectivity index (χ1n) is 5.83. The number of anilines is 1. The van der Waals surface area contributed by atoms with E-state index in [4.69, 9.17) is 0 Å². The van der Waals surface area contributed by atoms with Crippen LogP contribution in [0.5, 0.6) is 0 Å². The predicted molar refractivity (Wildman–Crippen MR) is 72.5 cm³/mol. The van der Waals surface area contributed by atoms with Crippen LogP contribution in [0.15, 0.2) is 24.5 Å². The van der Waals surface area contributed by atoms with Crippen LogP contribution in [0.4, 0.5) is 5.82 Å². The van der Waals surface area contributed by atoms with Crippen LogP contribution < -0.4 is 5.32 Å². The van der Waals surface area contributed by atoms with Gasteiger partial charge in [-0.2, -0.15) is 0 Å². The molecule has 90 valence electrons. The van der Waals surface area contributed by atoms with Crippen LogP contribution in [-0.4, -0.2) is 9.97 Å². The number of hydrogen-bond donors (Lipinski definition) is 1. The Hall–Kier alpha value is -1.42. The van der Waals surface area contributed by atoms with Crippen molar-refractivity contribution >= 4 is 17.2 Å². The van der Waals surface area contributed by atoms with E-state index in [2.05, 4.69) is 48.2 Å². The molecule has 0 saturated carbocycles. The van der Waals surface area contributed by atoms with Crippen molar-refractivity contribution in [2.45, 2.75) is 33.2 Å². The first-order valence-corrected chi connectivity index (χ1v) is 6.64. The molecule has 0 aromatic carbocycles. The van der Waals surface area contributed by atoms with Gasteiger partial charge >= 0.3 is 0 Å². The fraction of sp³-hybridized carbons (Fsp3) is 0.385. The lowest BCUT2D eigenvalue weighted by Crippen LogP contribution is -2.07. The third kappa shape index (κ3) is 3.03. The minimum atomic E-state index is 0.285. The average Bonchev–Trinajstić information content (AvgIpc) is 2.76. The minimum Gasteiger partial charge on any atom is -0.363 e. The van der Waals surface area contributed by atoms with Crippen LogP contribution in [0.3, 0.4) is 0 Å². The second-order valence-electron chi connectivity index (χ2n) is 4.06. The summed E-state index contributed by atoms with van der Waals surface area (Å²) in [6, 6.07) is 6.61. The lowest BCUT2D eigenvalue weighted by atomic mass is 10.2. The van der Waals surface area contributed by atoms with Gasteiger partial charge in [0, 0.05) is 21.5 Å². The van der Waals surface area contributed by atoms with E-state index in [1.165, 1.54) is 9.75 Å². The highest BCUT2D eigenvalue weighted by Crippen LogP contribution is 2.25. The molecule has 3 nitrogen and oxygen atoms in total. The third-order valence-electron chi connectivity index (χ3n) is 2.64. The van der Waals surface area contributed by atoms with E-state index in [1.54, 1.807) is 6.33 Å². The zero-order valence-corrected chi connectivity index (χ0v) is 11.2. The molecule has 0 aliphatic heterocycles. The molecule has 0 fully saturated rings. The molecule has 2 heterocycles. The van der Waals surface area contributed by atoms with Gasteiger partial charge in [0.05, 0.1) is 6.04 Å². The van der Waals surface area contributed by atoms with E-state index in [-0.39, 0.29) is 6.04 Å². The highest BCUT2D eigenvalue weighted by atomic mass is 32.1. The van der Waals surface area contributed by atoms with Crippen molar-refractivity contribution in [2.24, 2.45) is 0 Å². The van der Waals surface area contributed by atoms with Crippen molar-refractivity contribution in [3.63, 3.8) is 0 Å². The number of thiophene rings is 1. The molecule has 0 bridgehead atoms. The summed E-state index contributed by atoms with van der Waals surface area (Å²) in [5.74, 6) is 0.899. The summed E-state index contributed by atoms with van der Waals surface area (Å²) in [5.41, 5.74) is 1.07. The smallest absolute Gasteiger partial charge is 0.130 e. The lowest BCUT2D eigenvalue weighted by molar-refractivity contribution is 0.886. The molecule has 2 aromatic rings. The summed E-state index contributed by atoms with van der Waals surface area (Å²) < 4.78 is 0. The highest BCUT2D eigenvalue weighted by molar-refractivity contribution is 7.12. The zero-order chi connectivity index (χ0) is 12.3. The number of nitrogens with one attached hydrogen (secondary N) is 1. The maximum absolute atomic E-state index is 4.24. The van der Waals surface area contributed by atoms with Gasteiger partial charge in [-0.05, 0) is 32.4 Å². The Bertz CT molecular complexity index is 493. The average molecular weight is 247 g/mol. The first-order chi connectivity index (χ1) is 8.19. The molecule has 0 aliphatic carbocycles. The summed E-state index contributed by atoms with van der Waals surface area (Å²) in [7, 11) is 0. The summed E-state index contributed by atoms with van der Waals surface area (Å²) in [5, 5.41) is 3.41. The molecular weight excluding hydrogens is 230 g/mol. The van der Waals surface area contributed by atoms with Crippen molar-refractivity contribution in [1.82, 2.24) is 9.97 Å². The molecular formula is C13H17N3S. The van der Waals surface area contributed by atoms with Gasteiger partial charge in [0.25, 0.3) is 0 Å². The molecule has 0 amide bonds.